The third-order valence-corrected chi connectivity index (χ3v) is 5.28. The number of benzene rings is 2. The molecule has 1 fully saturated rings. The first-order chi connectivity index (χ1) is 14.2. The zero-order chi connectivity index (χ0) is 20.1. The Morgan fingerprint density at radius 2 is 1.72 bits per heavy atom. The van der Waals surface area contributed by atoms with E-state index in [9.17, 15) is 4.79 Å². The molecule has 0 radical (unpaired) electrons. The van der Waals surface area contributed by atoms with Gasteiger partial charge in [0.05, 0.1) is 13.7 Å². The van der Waals surface area contributed by atoms with Gasteiger partial charge in [-0.25, -0.2) is 0 Å². The minimum absolute atomic E-state index is 0.105. The summed E-state index contributed by atoms with van der Waals surface area (Å²) in [6.07, 6.45) is 3.69. The number of hydrogen-bond donors (Lipinski definition) is 0. The van der Waals surface area contributed by atoms with Gasteiger partial charge in [0.2, 0.25) is 0 Å². The molecule has 1 aliphatic heterocycles. The molecule has 0 saturated carbocycles. The fourth-order valence-electron chi connectivity index (χ4n) is 3.70. The van der Waals surface area contributed by atoms with E-state index in [2.05, 4.69) is 22.1 Å². The first kappa shape index (κ1) is 19.2. The van der Waals surface area contributed by atoms with Gasteiger partial charge in [-0.2, -0.15) is 5.10 Å². The number of carbonyl (C=O) groups is 1. The Hall–Kier alpha value is -3.12. The average Bonchev–Trinajstić information content (AvgIpc) is 3.27. The maximum atomic E-state index is 13.0. The highest BCUT2D eigenvalue weighted by Gasteiger charge is 2.22. The van der Waals surface area contributed by atoms with Gasteiger partial charge >= 0.3 is 0 Å². The first-order valence-corrected chi connectivity index (χ1v) is 9.92. The zero-order valence-electron chi connectivity index (χ0n) is 16.7. The van der Waals surface area contributed by atoms with Crippen LogP contribution in [0.15, 0.2) is 67.0 Å². The number of ether oxygens (including phenoxy) is 1. The van der Waals surface area contributed by atoms with Crippen molar-refractivity contribution in [2.24, 2.45) is 0 Å². The van der Waals surface area contributed by atoms with E-state index in [1.807, 2.05) is 58.2 Å². The van der Waals surface area contributed by atoms with Crippen LogP contribution < -0.4 is 4.74 Å². The average molecular weight is 390 g/mol. The van der Waals surface area contributed by atoms with Crippen molar-refractivity contribution < 1.29 is 9.53 Å². The van der Waals surface area contributed by atoms with Crippen LogP contribution in [0, 0.1) is 0 Å². The lowest BCUT2D eigenvalue weighted by atomic mass is 10.1. The molecule has 0 unspecified atom stereocenters. The lowest BCUT2D eigenvalue weighted by molar-refractivity contribution is 0.0628. The third-order valence-electron chi connectivity index (χ3n) is 5.28. The molecule has 2 heterocycles. The van der Waals surface area contributed by atoms with Gasteiger partial charge in [-0.05, 0) is 41.5 Å². The van der Waals surface area contributed by atoms with E-state index >= 15 is 0 Å². The number of amides is 1. The van der Waals surface area contributed by atoms with Gasteiger partial charge in [0, 0.05) is 50.7 Å². The Morgan fingerprint density at radius 1 is 0.966 bits per heavy atom. The van der Waals surface area contributed by atoms with E-state index in [0.29, 0.717) is 6.54 Å². The lowest BCUT2D eigenvalue weighted by Crippen LogP contribution is -2.48. The molecule has 0 spiro atoms. The highest BCUT2D eigenvalue weighted by Crippen LogP contribution is 2.16. The molecular weight excluding hydrogens is 364 g/mol. The SMILES string of the molecule is COc1cccc(CN2CCN(C(=O)c3cccc(Cn4cccn4)c3)CC2)c1. The van der Waals surface area contributed by atoms with Crippen LogP contribution in [-0.2, 0) is 13.1 Å². The van der Waals surface area contributed by atoms with Crippen LogP contribution in [0.4, 0.5) is 0 Å². The smallest absolute Gasteiger partial charge is 0.253 e. The van der Waals surface area contributed by atoms with E-state index in [0.717, 1.165) is 49.6 Å². The molecule has 6 heteroatoms. The van der Waals surface area contributed by atoms with Crippen molar-refractivity contribution in [2.45, 2.75) is 13.1 Å². The fraction of sp³-hybridized carbons (Fsp3) is 0.304. The number of hydrogen-bond acceptors (Lipinski definition) is 4. The van der Waals surface area contributed by atoms with Crippen molar-refractivity contribution in [1.82, 2.24) is 19.6 Å². The summed E-state index contributed by atoms with van der Waals surface area (Å²) >= 11 is 0. The van der Waals surface area contributed by atoms with Gasteiger partial charge in [-0.15, -0.1) is 0 Å². The van der Waals surface area contributed by atoms with E-state index < -0.39 is 0 Å². The number of piperazine rings is 1. The Balaban J connectivity index is 1.34. The molecule has 1 saturated heterocycles. The summed E-state index contributed by atoms with van der Waals surface area (Å²) in [6.45, 7) is 4.77. The van der Waals surface area contributed by atoms with Crippen molar-refractivity contribution in [3.05, 3.63) is 83.7 Å². The standard InChI is InChI=1S/C23H26N4O2/c1-29-22-8-3-6-20(16-22)17-25-11-13-26(14-12-25)23(28)21-7-2-5-19(15-21)18-27-10-4-9-24-27/h2-10,15-16H,11-14,17-18H2,1H3. The van der Waals surface area contributed by atoms with Crippen molar-refractivity contribution in [1.29, 1.82) is 0 Å². The molecule has 0 N–H and O–H groups in total. The van der Waals surface area contributed by atoms with Gasteiger partial charge in [-0.1, -0.05) is 24.3 Å². The largest absolute Gasteiger partial charge is 0.497 e. The minimum atomic E-state index is 0.105. The minimum Gasteiger partial charge on any atom is -0.497 e. The van der Waals surface area contributed by atoms with Crippen molar-refractivity contribution >= 4 is 5.91 Å². The van der Waals surface area contributed by atoms with E-state index in [1.54, 1.807) is 13.3 Å². The first-order valence-electron chi connectivity index (χ1n) is 9.92. The summed E-state index contributed by atoms with van der Waals surface area (Å²) in [5, 5.41) is 4.24. The van der Waals surface area contributed by atoms with Crippen LogP contribution in [0.1, 0.15) is 21.5 Å². The van der Waals surface area contributed by atoms with Crippen LogP contribution in [0.5, 0.6) is 5.75 Å². The van der Waals surface area contributed by atoms with Gasteiger partial charge in [0.1, 0.15) is 5.75 Å². The molecule has 2 aromatic carbocycles. The molecule has 1 amide bonds. The molecule has 1 aliphatic rings. The zero-order valence-corrected chi connectivity index (χ0v) is 16.7. The number of methoxy groups -OCH3 is 1. The number of carbonyl (C=O) groups excluding carboxylic acids is 1. The predicted molar refractivity (Wildman–Crippen MR) is 112 cm³/mol. The van der Waals surface area contributed by atoms with Crippen LogP contribution >= 0.6 is 0 Å². The van der Waals surface area contributed by atoms with Crippen molar-refractivity contribution in [3.63, 3.8) is 0 Å². The quantitative estimate of drug-likeness (QED) is 0.649. The number of aromatic nitrogens is 2. The monoisotopic (exact) mass is 390 g/mol. The van der Waals surface area contributed by atoms with Crippen LogP contribution in [0.25, 0.3) is 0 Å². The molecule has 0 atom stereocenters. The molecule has 150 valence electrons. The van der Waals surface area contributed by atoms with Crippen molar-refractivity contribution in [3.8, 4) is 5.75 Å². The Morgan fingerprint density at radius 3 is 2.45 bits per heavy atom. The second-order valence-electron chi connectivity index (χ2n) is 7.32. The summed E-state index contributed by atoms with van der Waals surface area (Å²) in [4.78, 5) is 17.3. The Kier molecular flexibility index (Phi) is 5.91. The van der Waals surface area contributed by atoms with Gasteiger partial charge in [-0.3, -0.25) is 14.4 Å². The van der Waals surface area contributed by atoms with E-state index in [1.165, 1.54) is 5.56 Å². The highest BCUT2D eigenvalue weighted by atomic mass is 16.5. The van der Waals surface area contributed by atoms with Crippen LogP contribution in [0.3, 0.4) is 0 Å². The molecule has 3 aromatic rings. The lowest BCUT2D eigenvalue weighted by Gasteiger charge is -2.35. The van der Waals surface area contributed by atoms with Crippen molar-refractivity contribution in [2.75, 3.05) is 33.3 Å². The number of nitrogens with zero attached hydrogens (tertiary/aromatic N) is 4. The van der Waals surface area contributed by atoms with Crippen LogP contribution in [0.2, 0.25) is 0 Å². The topological polar surface area (TPSA) is 50.6 Å². The number of rotatable bonds is 6. The van der Waals surface area contributed by atoms with Gasteiger partial charge in [0.25, 0.3) is 5.91 Å². The summed E-state index contributed by atoms with van der Waals surface area (Å²) in [7, 11) is 1.69. The Labute approximate surface area is 171 Å². The van der Waals surface area contributed by atoms with Gasteiger partial charge < -0.3 is 9.64 Å². The summed E-state index contributed by atoms with van der Waals surface area (Å²) < 4.78 is 7.17. The third kappa shape index (κ3) is 4.84. The second kappa shape index (κ2) is 8.92. The second-order valence-corrected chi connectivity index (χ2v) is 7.32. The maximum absolute atomic E-state index is 13.0. The van der Waals surface area contributed by atoms with E-state index in [-0.39, 0.29) is 5.91 Å². The summed E-state index contributed by atoms with van der Waals surface area (Å²) in [5.74, 6) is 0.986. The van der Waals surface area contributed by atoms with Gasteiger partial charge in [0.15, 0.2) is 0 Å². The normalized spacial score (nSPS) is 14.7. The summed E-state index contributed by atoms with van der Waals surface area (Å²) in [5.41, 5.74) is 3.06. The Bertz CT molecular complexity index is 947. The van der Waals surface area contributed by atoms with Crippen LogP contribution in [-0.4, -0.2) is 58.8 Å². The highest BCUT2D eigenvalue weighted by molar-refractivity contribution is 5.94. The fourth-order valence-corrected chi connectivity index (χ4v) is 3.70. The predicted octanol–water partition coefficient (Wildman–Crippen LogP) is 2.90. The maximum Gasteiger partial charge on any atom is 0.253 e. The molecule has 0 bridgehead atoms. The molecular formula is C23H26N4O2. The molecule has 4 rings (SSSR count). The molecule has 0 aliphatic carbocycles. The summed E-state index contributed by atoms with van der Waals surface area (Å²) in [6, 6.07) is 17.9. The molecule has 6 nitrogen and oxygen atoms in total. The molecule has 29 heavy (non-hydrogen) atoms. The van der Waals surface area contributed by atoms with E-state index in [4.69, 9.17) is 4.74 Å². The molecule has 1 aromatic heterocycles.